The molecule has 4 nitrogen and oxygen atoms in total. The van der Waals surface area contributed by atoms with Gasteiger partial charge in [0.2, 0.25) is 0 Å². The number of hydrogen-bond acceptors (Lipinski definition) is 4. The Bertz CT molecular complexity index is 1180. The lowest BCUT2D eigenvalue weighted by molar-refractivity contribution is 0.120. The molecule has 0 bridgehead atoms. The summed E-state index contributed by atoms with van der Waals surface area (Å²) in [7, 11) is 1.31. The Kier molecular flexibility index (Phi) is 6.50. The van der Waals surface area contributed by atoms with Gasteiger partial charge in [-0.25, -0.2) is 9.18 Å². The largest absolute Gasteiger partial charge is 0.513 e. The first-order valence-corrected chi connectivity index (χ1v) is 11.4. The maximum absolute atomic E-state index is 13.4. The van der Waals surface area contributed by atoms with Gasteiger partial charge in [0.1, 0.15) is 11.6 Å². The molecule has 0 fully saturated rings. The van der Waals surface area contributed by atoms with Crippen LogP contribution in [0.4, 0.5) is 9.18 Å². The summed E-state index contributed by atoms with van der Waals surface area (Å²) in [5, 5.41) is 0. The second kappa shape index (κ2) is 9.34. The summed E-state index contributed by atoms with van der Waals surface area (Å²) in [4.78, 5) is 16.8. The number of hydrogen-bond donors (Lipinski definition) is 0. The van der Waals surface area contributed by atoms with Crippen molar-refractivity contribution in [1.29, 1.82) is 0 Å². The van der Waals surface area contributed by atoms with Gasteiger partial charge >= 0.3 is 6.16 Å². The fourth-order valence-electron chi connectivity index (χ4n) is 4.78. The minimum Gasteiger partial charge on any atom is -0.437 e. The Balaban J connectivity index is 1.70. The molecule has 0 spiro atoms. The molecule has 0 saturated carbocycles. The van der Waals surface area contributed by atoms with Gasteiger partial charge in [0, 0.05) is 29.2 Å². The lowest BCUT2D eigenvalue weighted by Crippen LogP contribution is -2.14. The van der Waals surface area contributed by atoms with Gasteiger partial charge in [-0.1, -0.05) is 44.2 Å². The second-order valence-corrected chi connectivity index (χ2v) is 9.08. The molecule has 1 aliphatic rings. The monoisotopic (exact) mass is 447 g/mol. The topological polar surface area (TPSA) is 48.4 Å². The molecule has 1 aliphatic carbocycles. The standard InChI is InChI=1S/C28H30FNO3/c1-16(2)26-25(27(33-28(31)32-5)17(3)18(4)30-26)15-19-6-12-24-21(14-19)9-13-23(24)20-7-10-22(29)11-8-20/h6-8,10-12,14,16,23H,9,13,15H2,1-5H3. The van der Waals surface area contributed by atoms with Crippen LogP contribution in [0.3, 0.4) is 0 Å². The lowest BCUT2D eigenvalue weighted by atomic mass is 9.90. The third-order valence-corrected chi connectivity index (χ3v) is 6.59. The average Bonchev–Trinajstić information content (AvgIpc) is 3.22. The van der Waals surface area contributed by atoms with Crippen molar-refractivity contribution in [3.05, 3.63) is 93.1 Å². The predicted octanol–water partition coefficient (Wildman–Crippen LogP) is 6.78. The summed E-state index contributed by atoms with van der Waals surface area (Å²) < 4.78 is 23.7. The van der Waals surface area contributed by atoms with Crippen LogP contribution in [-0.4, -0.2) is 18.2 Å². The maximum atomic E-state index is 13.4. The van der Waals surface area contributed by atoms with Gasteiger partial charge in [0.15, 0.2) is 0 Å². The molecular formula is C28H30FNO3. The highest BCUT2D eigenvalue weighted by molar-refractivity contribution is 5.66. The van der Waals surface area contributed by atoms with Crippen molar-refractivity contribution in [1.82, 2.24) is 4.98 Å². The molecule has 1 atom stereocenters. The molecule has 5 heteroatoms. The van der Waals surface area contributed by atoms with E-state index in [2.05, 4.69) is 32.0 Å². The van der Waals surface area contributed by atoms with E-state index >= 15 is 0 Å². The molecule has 0 radical (unpaired) electrons. The van der Waals surface area contributed by atoms with E-state index in [0.717, 1.165) is 46.5 Å². The Labute approximate surface area is 194 Å². The third kappa shape index (κ3) is 4.63. The number of halogens is 1. The van der Waals surface area contributed by atoms with Crippen LogP contribution in [-0.2, 0) is 17.6 Å². The normalized spacial score (nSPS) is 14.9. The quantitative estimate of drug-likeness (QED) is 0.405. The second-order valence-electron chi connectivity index (χ2n) is 9.08. The lowest BCUT2D eigenvalue weighted by Gasteiger charge is -2.20. The number of nitrogens with zero attached hydrogens (tertiary/aromatic N) is 1. The molecule has 172 valence electrons. The van der Waals surface area contributed by atoms with E-state index in [9.17, 15) is 9.18 Å². The molecule has 2 aromatic carbocycles. The first-order valence-electron chi connectivity index (χ1n) is 11.4. The smallest absolute Gasteiger partial charge is 0.437 e. The van der Waals surface area contributed by atoms with E-state index in [0.29, 0.717) is 18.1 Å². The van der Waals surface area contributed by atoms with E-state index in [4.69, 9.17) is 14.5 Å². The number of carbonyl (C=O) groups excluding carboxylic acids is 1. The van der Waals surface area contributed by atoms with Crippen LogP contribution in [0.2, 0.25) is 0 Å². The van der Waals surface area contributed by atoms with E-state index in [-0.39, 0.29) is 11.7 Å². The van der Waals surface area contributed by atoms with Gasteiger partial charge in [-0.05, 0) is 67.0 Å². The number of aryl methyl sites for hydroxylation is 2. The Hall–Kier alpha value is -3.21. The Morgan fingerprint density at radius 3 is 2.55 bits per heavy atom. The van der Waals surface area contributed by atoms with Crippen LogP contribution in [0, 0.1) is 19.7 Å². The van der Waals surface area contributed by atoms with Crippen molar-refractivity contribution in [2.45, 2.75) is 58.8 Å². The number of benzene rings is 2. The molecule has 0 amide bonds. The van der Waals surface area contributed by atoms with Crippen molar-refractivity contribution in [3.63, 3.8) is 0 Å². The molecule has 1 aromatic heterocycles. The molecular weight excluding hydrogens is 417 g/mol. The van der Waals surface area contributed by atoms with E-state index < -0.39 is 6.16 Å². The zero-order valence-corrected chi connectivity index (χ0v) is 19.9. The van der Waals surface area contributed by atoms with E-state index in [1.165, 1.54) is 30.4 Å². The summed E-state index contributed by atoms with van der Waals surface area (Å²) in [5.41, 5.74) is 8.47. The molecule has 3 aromatic rings. The molecule has 0 aliphatic heterocycles. The summed E-state index contributed by atoms with van der Waals surface area (Å²) in [5.74, 6) is 0.807. The van der Waals surface area contributed by atoms with Crippen LogP contribution in [0.25, 0.3) is 0 Å². The number of aromatic nitrogens is 1. The fourth-order valence-corrected chi connectivity index (χ4v) is 4.78. The summed E-state index contributed by atoms with van der Waals surface area (Å²) in [6.07, 6.45) is 1.89. The first kappa shape index (κ1) is 23.0. The van der Waals surface area contributed by atoms with Gasteiger partial charge in [-0.2, -0.15) is 0 Å². The average molecular weight is 448 g/mol. The van der Waals surface area contributed by atoms with Crippen LogP contribution < -0.4 is 4.74 Å². The maximum Gasteiger partial charge on any atom is 0.513 e. The molecule has 1 unspecified atom stereocenters. The fraction of sp³-hybridized carbons (Fsp3) is 0.357. The molecule has 33 heavy (non-hydrogen) atoms. The van der Waals surface area contributed by atoms with Crippen LogP contribution in [0.15, 0.2) is 42.5 Å². The van der Waals surface area contributed by atoms with Crippen LogP contribution in [0.1, 0.15) is 76.9 Å². The zero-order valence-electron chi connectivity index (χ0n) is 19.9. The molecule has 1 heterocycles. The van der Waals surface area contributed by atoms with Crippen molar-refractivity contribution in [2.75, 3.05) is 7.11 Å². The number of rotatable bonds is 5. The Morgan fingerprint density at radius 1 is 1.15 bits per heavy atom. The number of ether oxygens (including phenoxy) is 2. The third-order valence-electron chi connectivity index (χ3n) is 6.59. The number of fused-ring (bicyclic) bond motifs is 1. The highest BCUT2D eigenvalue weighted by atomic mass is 19.1. The van der Waals surface area contributed by atoms with Gasteiger partial charge in [-0.3, -0.25) is 4.98 Å². The minimum absolute atomic E-state index is 0.177. The molecule has 4 rings (SSSR count). The first-order chi connectivity index (χ1) is 15.8. The Morgan fingerprint density at radius 2 is 1.88 bits per heavy atom. The van der Waals surface area contributed by atoms with Crippen molar-refractivity contribution in [3.8, 4) is 5.75 Å². The van der Waals surface area contributed by atoms with Gasteiger partial charge in [0.25, 0.3) is 0 Å². The highest BCUT2D eigenvalue weighted by Crippen LogP contribution is 2.40. The van der Waals surface area contributed by atoms with Crippen molar-refractivity contribution in [2.24, 2.45) is 0 Å². The van der Waals surface area contributed by atoms with E-state index in [1.807, 2.05) is 26.0 Å². The molecule has 0 N–H and O–H groups in total. The number of pyridine rings is 1. The summed E-state index contributed by atoms with van der Waals surface area (Å²) in [6.45, 7) is 8.04. The zero-order chi connectivity index (χ0) is 23.7. The minimum atomic E-state index is -0.726. The van der Waals surface area contributed by atoms with Gasteiger partial charge in [-0.15, -0.1) is 0 Å². The van der Waals surface area contributed by atoms with E-state index in [1.54, 1.807) is 0 Å². The van der Waals surface area contributed by atoms with Crippen LogP contribution >= 0.6 is 0 Å². The predicted molar refractivity (Wildman–Crippen MR) is 127 cm³/mol. The number of methoxy groups -OCH3 is 1. The van der Waals surface area contributed by atoms with Crippen molar-refractivity contribution >= 4 is 6.16 Å². The number of carbonyl (C=O) groups is 1. The SMILES string of the molecule is COC(=O)Oc1c(C)c(C)nc(C(C)C)c1Cc1ccc2c(c1)CCC2c1ccc(F)cc1. The highest BCUT2D eigenvalue weighted by Gasteiger charge is 2.26. The summed E-state index contributed by atoms with van der Waals surface area (Å²) in [6, 6.07) is 13.4. The van der Waals surface area contributed by atoms with Crippen molar-refractivity contribution < 1.29 is 18.7 Å². The van der Waals surface area contributed by atoms with Gasteiger partial charge in [0.05, 0.1) is 12.8 Å². The van der Waals surface area contributed by atoms with Gasteiger partial charge < -0.3 is 9.47 Å². The summed E-state index contributed by atoms with van der Waals surface area (Å²) >= 11 is 0. The molecule has 0 saturated heterocycles. The van der Waals surface area contributed by atoms with Crippen LogP contribution in [0.5, 0.6) is 5.75 Å².